The maximum absolute atomic E-state index is 12.9. The van der Waals surface area contributed by atoms with Crippen molar-refractivity contribution in [3.63, 3.8) is 0 Å². The zero-order chi connectivity index (χ0) is 19.8. The Balaban J connectivity index is 1.57. The molecule has 28 heavy (non-hydrogen) atoms. The zero-order valence-electron chi connectivity index (χ0n) is 14.6. The van der Waals surface area contributed by atoms with Crippen LogP contribution in [-0.4, -0.2) is 28.7 Å². The number of carbonyl (C=O) groups excluding carboxylic acids is 2. The number of hydrogen-bond acceptors (Lipinski definition) is 6. The lowest BCUT2D eigenvalue weighted by Gasteiger charge is -2.16. The largest absolute Gasteiger partial charge is 0.494 e. The maximum atomic E-state index is 12.9. The Morgan fingerprint density at radius 2 is 2.07 bits per heavy atom. The van der Waals surface area contributed by atoms with E-state index in [9.17, 15) is 9.59 Å². The number of aromatic nitrogens is 1. The fourth-order valence-corrected chi connectivity index (χ4v) is 5.65. The SMILES string of the molecule is CCOc1ccc2nc(S[C@H]3CC(=O)N(c4cc(Cl)ccc4Cl)C3=O)sc2c1. The highest BCUT2D eigenvalue weighted by Gasteiger charge is 2.41. The Morgan fingerprint density at radius 1 is 1.25 bits per heavy atom. The van der Waals surface area contributed by atoms with Crippen molar-refractivity contribution < 1.29 is 14.3 Å². The maximum Gasteiger partial charge on any atom is 0.247 e. The van der Waals surface area contributed by atoms with Gasteiger partial charge in [-0.05, 0) is 43.3 Å². The van der Waals surface area contributed by atoms with Crippen molar-refractivity contribution >= 4 is 74.0 Å². The summed E-state index contributed by atoms with van der Waals surface area (Å²) < 4.78 is 7.22. The van der Waals surface area contributed by atoms with E-state index >= 15 is 0 Å². The first-order chi connectivity index (χ1) is 13.5. The number of rotatable bonds is 5. The number of carbonyl (C=O) groups is 2. The predicted octanol–water partition coefficient (Wildman–Crippen LogP) is 5.43. The van der Waals surface area contributed by atoms with Gasteiger partial charge in [0.2, 0.25) is 11.8 Å². The number of benzene rings is 2. The topological polar surface area (TPSA) is 59.5 Å². The minimum Gasteiger partial charge on any atom is -0.494 e. The van der Waals surface area contributed by atoms with E-state index in [-0.39, 0.29) is 18.2 Å². The van der Waals surface area contributed by atoms with E-state index in [2.05, 4.69) is 4.98 Å². The number of nitrogens with zero attached hydrogens (tertiary/aromatic N) is 2. The van der Waals surface area contributed by atoms with E-state index < -0.39 is 5.25 Å². The van der Waals surface area contributed by atoms with Crippen LogP contribution in [0.1, 0.15) is 13.3 Å². The normalized spacial score (nSPS) is 17.0. The minimum absolute atomic E-state index is 0.0897. The van der Waals surface area contributed by atoms with Crippen LogP contribution in [0.5, 0.6) is 5.75 Å². The molecule has 2 heterocycles. The number of thiazole rings is 1. The molecule has 2 aromatic carbocycles. The van der Waals surface area contributed by atoms with E-state index in [4.69, 9.17) is 27.9 Å². The summed E-state index contributed by atoms with van der Waals surface area (Å²) in [6.07, 6.45) is 0.0897. The van der Waals surface area contributed by atoms with Crippen LogP contribution in [0, 0.1) is 0 Å². The molecule has 3 aromatic rings. The third-order valence-corrected chi connectivity index (χ3v) is 7.00. The van der Waals surface area contributed by atoms with E-state index in [1.54, 1.807) is 12.1 Å². The zero-order valence-corrected chi connectivity index (χ0v) is 17.8. The van der Waals surface area contributed by atoms with Gasteiger partial charge in [0.05, 0.1) is 27.5 Å². The molecule has 1 aliphatic heterocycles. The highest BCUT2D eigenvalue weighted by molar-refractivity contribution is 8.02. The summed E-state index contributed by atoms with van der Waals surface area (Å²) >= 11 is 14.9. The third-order valence-electron chi connectivity index (χ3n) is 4.15. The molecule has 0 radical (unpaired) electrons. The second kappa shape index (κ2) is 7.91. The molecule has 4 rings (SSSR count). The van der Waals surface area contributed by atoms with Crippen molar-refractivity contribution in [2.45, 2.75) is 22.9 Å². The molecule has 0 N–H and O–H groups in total. The van der Waals surface area contributed by atoms with Crippen molar-refractivity contribution in [2.75, 3.05) is 11.5 Å². The van der Waals surface area contributed by atoms with Gasteiger partial charge in [-0.2, -0.15) is 0 Å². The van der Waals surface area contributed by atoms with E-state index in [0.717, 1.165) is 25.2 Å². The number of halogens is 2. The van der Waals surface area contributed by atoms with E-state index in [1.807, 2.05) is 25.1 Å². The molecule has 0 aliphatic carbocycles. The lowest BCUT2D eigenvalue weighted by Crippen LogP contribution is -2.31. The molecule has 1 fully saturated rings. The Morgan fingerprint density at radius 3 is 2.86 bits per heavy atom. The molecule has 1 saturated heterocycles. The first kappa shape index (κ1) is 19.5. The minimum atomic E-state index is -0.547. The Hall–Kier alpha value is -1.80. The van der Waals surface area contributed by atoms with Gasteiger partial charge >= 0.3 is 0 Å². The highest BCUT2D eigenvalue weighted by Crippen LogP contribution is 2.40. The Labute approximate surface area is 179 Å². The third kappa shape index (κ3) is 3.72. The van der Waals surface area contributed by atoms with Crippen LogP contribution in [0.4, 0.5) is 5.69 Å². The molecule has 1 aromatic heterocycles. The van der Waals surface area contributed by atoms with Gasteiger partial charge < -0.3 is 4.74 Å². The Bertz CT molecular complexity index is 1090. The molecule has 0 bridgehead atoms. The number of imide groups is 1. The second-order valence-electron chi connectivity index (χ2n) is 6.02. The van der Waals surface area contributed by atoms with Crippen LogP contribution in [0.3, 0.4) is 0 Å². The van der Waals surface area contributed by atoms with Gasteiger partial charge in [-0.25, -0.2) is 9.88 Å². The molecule has 2 amide bonds. The summed E-state index contributed by atoms with van der Waals surface area (Å²) in [6, 6.07) is 10.4. The molecule has 1 aliphatic rings. The van der Waals surface area contributed by atoms with Crippen molar-refractivity contribution in [3.8, 4) is 5.75 Å². The average Bonchev–Trinajstić information content (AvgIpc) is 3.17. The van der Waals surface area contributed by atoms with Crippen LogP contribution >= 0.6 is 46.3 Å². The first-order valence-corrected chi connectivity index (χ1v) is 10.9. The number of hydrogen-bond donors (Lipinski definition) is 0. The number of anilines is 1. The van der Waals surface area contributed by atoms with Gasteiger partial charge in [-0.3, -0.25) is 9.59 Å². The van der Waals surface area contributed by atoms with Crippen molar-refractivity contribution in [3.05, 3.63) is 46.4 Å². The fraction of sp³-hybridized carbons (Fsp3) is 0.211. The smallest absolute Gasteiger partial charge is 0.247 e. The number of amides is 2. The lowest BCUT2D eigenvalue weighted by atomic mass is 10.3. The number of thioether (sulfide) groups is 1. The van der Waals surface area contributed by atoms with Crippen molar-refractivity contribution in [1.82, 2.24) is 4.98 Å². The van der Waals surface area contributed by atoms with Crippen molar-refractivity contribution in [1.29, 1.82) is 0 Å². The quantitative estimate of drug-likeness (QED) is 0.483. The van der Waals surface area contributed by atoms with Gasteiger partial charge in [0.1, 0.15) is 11.0 Å². The van der Waals surface area contributed by atoms with Crippen LogP contribution in [0.15, 0.2) is 40.7 Å². The number of ether oxygens (including phenoxy) is 1. The lowest BCUT2D eigenvalue weighted by molar-refractivity contribution is -0.121. The molecule has 0 saturated carbocycles. The van der Waals surface area contributed by atoms with E-state index in [0.29, 0.717) is 22.3 Å². The van der Waals surface area contributed by atoms with Gasteiger partial charge in [0.25, 0.3) is 0 Å². The second-order valence-corrected chi connectivity index (χ2v) is 9.34. The Kier molecular flexibility index (Phi) is 5.51. The summed E-state index contributed by atoms with van der Waals surface area (Å²) in [6.45, 7) is 2.52. The number of fused-ring (bicyclic) bond motifs is 1. The van der Waals surface area contributed by atoms with Crippen molar-refractivity contribution in [2.24, 2.45) is 0 Å². The molecule has 9 heteroatoms. The van der Waals surface area contributed by atoms with Gasteiger partial charge in [-0.1, -0.05) is 35.0 Å². The van der Waals surface area contributed by atoms with Gasteiger partial charge in [0, 0.05) is 11.4 Å². The summed E-state index contributed by atoms with van der Waals surface area (Å²) in [5.41, 5.74) is 1.15. The molecular formula is C19H14Cl2N2O3S2. The van der Waals surface area contributed by atoms with Crippen LogP contribution in [0.2, 0.25) is 10.0 Å². The summed E-state index contributed by atoms with van der Waals surface area (Å²) in [4.78, 5) is 31.1. The monoisotopic (exact) mass is 452 g/mol. The molecule has 0 unspecified atom stereocenters. The highest BCUT2D eigenvalue weighted by atomic mass is 35.5. The van der Waals surface area contributed by atoms with Gasteiger partial charge in [-0.15, -0.1) is 11.3 Å². The summed E-state index contributed by atoms with van der Waals surface area (Å²) in [5.74, 6) is 0.170. The van der Waals surface area contributed by atoms with Crippen LogP contribution in [0.25, 0.3) is 10.2 Å². The predicted molar refractivity (Wildman–Crippen MR) is 114 cm³/mol. The van der Waals surface area contributed by atoms with Crippen LogP contribution < -0.4 is 9.64 Å². The first-order valence-electron chi connectivity index (χ1n) is 8.48. The van der Waals surface area contributed by atoms with E-state index in [1.165, 1.54) is 29.2 Å². The average molecular weight is 453 g/mol. The molecule has 144 valence electrons. The molecule has 5 nitrogen and oxygen atoms in total. The van der Waals surface area contributed by atoms with Gasteiger partial charge in [0.15, 0.2) is 4.34 Å². The summed E-state index contributed by atoms with van der Waals surface area (Å²) in [5, 5.41) is 0.169. The molecular weight excluding hydrogens is 439 g/mol. The molecule has 1 atom stereocenters. The molecule has 0 spiro atoms. The fourth-order valence-electron chi connectivity index (χ4n) is 2.92. The van der Waals surface area contributed by atoms with Crippen LogP contribution in [-0.2, 0) is 9.59 Å². The summed E-state index contributed by atoms with van der Waals surface area (Å²) in [7, 11) is 0. The standard InChI is InChI=1S/C19H14Cl2N2O3S2/c1-2-26-11-4-6-13-15(8-11)27-19(22-13)28-16-9-17(24)23(18(16)25)14-7-10(20)3-5-12(14)21/h3-8,16H,2,9H2,1H3/t16-/m0/s1.